The summed E-state index contributed by atoms with van der Waals surface area (Å²) in [7, 11) is 0. The van der Waals surface area contributed by atoms with Crippen molar-refractivity contribution in [3.63, 3.8) is 0 Å². The third-order valence-electron chi connectivity index (χ3n) is 3.03. The predicted octanol–water partition coefficient (Wildman–Crippen LogP) is 4.43. The molecule has 0 aliphatic carbocycles. The van der Waals surface area contributed by atoms with E-state index in [0.29, 0.717) is 17.0 Å². The fourth-order valence-electron chi connectivity index (χ4n) is 1.93. The van der Waals surface area contributed by atoms with Gasteiger partial charge in [-0.1, -0.05) is 38.1 Å². The topological polar surface area (TPSA) is 17.1 Å². The minimum absolute atomic E-state index is 0.330. The molecule has 0 fully saturated rings. The summed E-state index contributed by atoms with van der Waals surface area (Å²) >= 11 is 0. The van der Waals surface area contributed by atoms with Gasteiger partial charge in [-0.2, -0.15) is 0 Å². The van der Waals surface area contributed by atoms with Crippen LogP contribution in [-0.2, 0) is 0 Å². The highest BCUT2D eigenvalue weighted by atomic mass is 19.1. The van der Waals surface area contributed by atoms with Gasteiger partial charge in [0.25, 0.3) is 0 Å². The van der Waals surface area contributed by atoms with Crippen molar-refractivity contribution in [1.29, 1.82) is 0 Å². The summed E-state index contributed by atoms with van der Waals surface area (Å²) in [6.07, 6.45) is 0.755. The third-order valence-corrected chi connectivity index (χ3v) is 3.03. The second kappa shape index (κ2) is 5.13. The van der Waals surface area contributed by atoms with E-state index in [-0.39, 0.29) is 5.82 Å². The Morgan fingerprint density at radius 1 is 1.06 bits per heavy atom. The van der Waals surface area contributed by atoms with Crippen LogP contribution in [0, 0.1) is 5.82 Å². The minimum atomic E-state index is -0.330. The number of halogens is 1. The molecule has 0 aromatic heterocycles. The van der Waals surface area contributed by atoms with Crippen LogP contribution in [-0.4, -0.2) is 6.29 Å². The Balaban J connectivity index is 2.48. The maximum absolute atomic E-state index is 13.3. The monoisotopic (exact) mass is 242 g/mol. The Labute approximate surface area is 106 Å². The van der Waals surface area contributed by atoms with Crippen molar-refractivity contribution in [2.24, 2.45) is 0 Å². The van der Waals surface area contributed by atoms with Gasteiger partial charge in [-0.15, -0.1) is 0 Å². The van der Waals surface area contributed by atoms with E-state index >= 15 is 0 Å². The molecule has 0 unspecified atom stereocenters. The van der Waals surface area contributed by atoms with E-state index in [2.05, 4.69) is 13.8 Å². The highest BCUT2D eigenvalue weighted by molar-refractivity contribution is 5.87. The molecule has 0 N–H and O–H groups in total. The molecule has 18 heavy (non-hydrogen) atoms. The first-order valence-electron chi connectivity index (χ1n) is 5.97. The Morgan fingerprint density at radius 2 is 1.72 bits per heavy atom. The molecule has 0 spiro atoms. The second-order valence-electron chi connectivity index (χ2n) is 4.63. The first kappa shape index (κ1) is 12.5. The van der Waals surface area contributed by atoms with Gasteiger partial charge >= 0.3 is 0 Å². The Hall–Kier alpha value is -1.96. The highest BCUT2D eigenvalue weighted by Gasteiger charge is 2.07. The average Bonchev–Trinajstić information content (AvgIpc) is 2.39. The molecule has 1 nitrogen and oxygen atoms in total. The quantitative estimate of drug-likeness (QED) is 0.728. The molecular weight excluding hydrogens is 227 g/mol. The van der Waals surface area contributed by atoms with Crippen molar-refractivity contribution in [3.8, 4) is 11.1 Å². The van der Waals surface area contributed by atoms with Crippen LogP contribution in [0.1, 0.15) is 35.7 Å². The van der Waals surface area contributed by atoms with Crippen molar-refractivity contribution in [2.75, 3.05) is 0 Å². The zero-order valence-corrected chi connectivity index (χ0v) is 10.5. The van der Waals surface area contributed by atoms with Gasteiger partial charge < -0.3 is 0 Å². The lowest BCUT2D eigenvalue weighted by molar-refractivity contribution is 0.112. The summed E-state index contributed by atoms with van der Waals surface area (Å²) in [6, 6.07) is 12.1. The van der Waals surface area contributed by atoms with Gasteiger partial charge in [-0.3, -0.25) is 4.79 Å². The largest absolute Gasteiger partial charge is 0.298 e. The summed E-state index contributed by atoms with van der Waals surface area (Å²) in [5.41, 5.74) is 3.23. The fourth-order valence-corrected chi connectivity index (χ4v) is 1.93. The van der Waals surface area contributed by atoms with E-state index in [9.17, 15) is 9.18 Å². The molecule has 0 saturated carbocycles. The molecule has 2 aromatic carbocycles. The van der Waals surface area contributed by atoms with Crippen LogP contribution in [0.2, 0.25) is 0 Å². The second-order valence-corrected chi connectivity index (χ2v) is 4.63. The van der Waals surface area contributed by atoms with Crippen LogP contribution < -0.4 is 0 Å². The van der Waals surface area contributed by atoms with Gasteiger partial charge in [-0.05, 0) is 40.8 Å². The van der Waals surface area contributed by atoms with E-state index in [1.807, 2.05) is 24.3 Å². The zero-order valence-electron chi connectivity index (χ0n) is 10.5. The molecule has 0 bridgehead atoms. The normalized spacial score (nSPS) is 10.7. The number of benzene rings is 2. The van der Waals surface area contributed by atoms with E-state index in [1.54, 1.807) is 0 Å². The smallest absolute Gasteiger partial charge is 0.150 e. The van der Waals surface area contributed by atoms with E-state index < -0.39 is 0 Å². The molecule has 2 heteroatoms. The summed E-state index contributed by atoms with van der Waals surface area (Å²) in [5, 5.41) is 0. The number of rotatable bonds is 3. The first-order chi connectivity index (χ1) is 8.61. The molecule has 0 amide bonds. The maximum atomic E-state index is 13.3. The van der Waals surface area contributed by atoms with E-state index in [0.717, 1.165) is 11.8 Å². The molecule has 0 atom stereocenters. The summed E-state index contributed by atoms with van der Waals surface area (Å²) < 4.78 is 13.3. The first-order valence-corrected chi connectivity index (χ1v) is 5.97. The Kier molecular flexibility index (Phi) is 3.56. The van der Waals surface area contributed by atoms with Crippen molar-refractivity contribution in [3.05, 3.63) is 59.4 Å². The Bertz CT molecular complexity index is 556. The fraction of sp³-hybridized carbons (Fsp3) is 0.188. The van der Waals surface area contributed by atoms with E-state index in [4.69, 9.17) is 0 Å². The Morgan fingerprint density at radius 3 is 2.28 bits per heavy atom. The molecule has 0 saturated heterocycles. The van der Waals surface area contributed by atoms with Crippen LogP contribution in [0.25, 0.3) is 11.1 Å². The predicted molar refractivity (Wildman–Crippen MR) is 71.3 cm³/mol. The lowest BCUT2D eigenvalue weighted by Crippen LogP contribution is -1.91. The van der Waals surface area contributed by atoms with Crippen LogP contribution in [0.15, 0.2) is 42.5 Å². The summed E-state index contributed by atoms with van der Waals surface area (Å²) in [4.78, 5) is 11.0. The van der Waals surface area contributed by atoms with Crippen LogP contribution in [0.3, 0.4) is 0 Å². The number of aldehydes is 1. The lowest BCUT2D eigenvalue weighted by Gasteiger charge is -2.08. The maximum Gasteiger partial charge on any atom is 0.150 e. The number of carbonyl (C=O) groups is 1. The van der Waals surface area contributed by atoms with Crippen molar-refractivity contribution in [1.82, 2.24) is 0 Å². The molecule has 2 rings (SSSR count). The van der Waals surface area contributed by atoms with Crippen LogP contribution in [0.5, 0.6) is 0 Å². The number of hydrogen-bond donors (Lipinski definition) is 0. The van der Waals surface area contributed by atoms with Crippen molar-refractivity contribution < 1.29 is 9.18 Å². The van der Waals surface area contributed by atoms with Crippen LogP contribution >= 0.6 is 0 Å². The average molecular weight is 242 g/mol. The minimum Gasteiger partial charge on any atom is -0.298 e. The van der Waals surface area contributed by atoms with Crippen molar-refractivity contribution in [2.45, 2.75) is 19.8 Å². The molecule has 0 radical (unpaired) electrons. The van der Waals surface area contributed by atoms with E-state index in [1.165, 1.54) is 23.8 Å². The molecule has 0 heterocycles. The number of hydrogen-bond acceptors (Lipinski definition) is 1. The van der Waals surface area contributed by atoms with Crippen molar-refractivity contribution >= 4 is 6.29 Å². The van der Waals surface area contributed by atoms with Gasteiger partial charge in [0.05, 0.1) is 0 Å². The standard InChI is InChI=1S/C16H15FO/c1-11(2)12-3-5-13(6-4-12)16-9-15(17)8-7-14(16)10-18/h3-11H,1-2H3. The zero-order chi connectivity index (χ0) is 13.1. The molecule has 92 valence electrons. The molecule has 0 aliphatic rings. The van der Waals surface area contributed by atoms with Gasteiger partial charge in [-0.25, -0.2) is 4.39 Å². The molecule has 0 aliphatic heterocycles. The van der Waals surface area contributed by atoms with Gasteiger partial charge in [0.2, 0.25) is 0 Å². The molecular formula is C16H15FO. The van der Waals surface area contributed by atoms with Gasteiger partial charge in [0, 0.05) is 5.56 Å². The summed E-state index contributed by atoms with van der Waals surface area (Å²) in [6.45, 7) is 4.24. The lowest BCUT2D eigenvalue weighted by atomic mass is 9.96. The number of carbonyl (C=O) groups excluding carboxylic acids is 1. The molecule has 2 aromatic rings. The van der Waals surface area contributed by atoms with Gasteiger partial charge in [0.15, 0.2) is 6.29 Å². The highest BCUT2D eigenvalue weighted by Crippen LogP contribution is 2.25. The summed E-state index contributed by atoms with van der Waals surface area (Å²) in [5.74, 6) is 0.126. The SMILES string of the molecule is CC(C)c1ccc(-c2cc(F)ccc2C=O)cc1. The third kappa shape index (κ3) is 2.48. The van der Waals surface area contributed by atoms with Gasteiger partial charge in [0.1, 0.15) is 5.82 Å². The van der Waals surface area contributed by atoms with Crippen LogP contribution in [0.4, 0.5) is 4.39 Å².